The molecule has 1 aromatic carbocycles. The highest BCUT2D eigenvalue weighted by molar-refractivity contribution is 5.94. The molecule has 0 radical (unpaired) electrons. The number of carbonyl (C=O) groups excluding carboxylic acids is 1. The summed E-state index contributed by atoms with van der Waals surface area (Å²) in [5.74, 6) is -4.71. The fourth-order valence-electron chi connectivity index (χ4n) is 2.29. The van der Waals surface area contributed by atoms with Crippen LogP contribution in [0.3, 0.4) is 0 Å². The van der Waals surface area contributed by atoms with Crippen molar-refractivity contribution in [3.63, 3.8) is 0 Å². The van der Waals surface area contributed by atoms with Crippen LogP contribution in [0.2, 0.25) is 0 Å². The first-order valence-corrected chi connectivity index (χ1v) is 6.04. The molecule has 3 nitrogen and oxygen atoms in total. The zero-order chi connectivity index (χ0) is 14.2. The molecule has 1 aliphatic heterocycles. The van der Waals surface area contributed by atoms with Crippen molar-refractivity contribution in [2.45, 2.75) is 13.0 Å². The van der Waals surface area contributed by atoms with Crippen LogP contribution in [-0.4, -0.2) is 48.4 Å². The van der Waals surface area contributed by atoms with Crippen LogP contribution in [-0.2, 0) is 0 Å². The van der Waals surface area contributed by atoms with Gasteiger partial charge in [-0.3, -0.25) is 4.79 Å². The van der Waals surface area contributed by atoms with Gasteiger partial charge in [0, 0.05) is 31.2 Å². The number of benzene rings is 1. The molecule has 0 saturated carbocycles. The van der Waals surface area contributed by atoms with Crippen LogP contribution in [0.15, 0.2) is 12.1 Å². The monoisotopic (exact) mass is 272 g/mol. The quantitative estimate of drug-likeness (QED) is 0.729. The van der Waals surface area contributed by atoms with E-state index in [1.54, 1.807) is 4.90 Å². The SMILES string of the molecule is CC1CN(C)CCN1C(=O)c1cc(F)c(F)c(F)c1. The van der Waals surface area contributed by atoms with Gasteiger partial charge >= 0.3 is 0 Å². The summed E-state index contributed by atoms with van der Waals surface area (Å²) < 4.78 is 39.1. The summed E-state index contributed by atoms with van der Waals surface area (Å²) in [4.78, 5) is 15.8. The van der Waals surface area contributed by atoms with Crippen molar-refractivity contribution < 1.29 is 18.0 Å². The van der Waals surface area contributed by atoms with Crippen molar-refractivity contribution in [2.75, 3.05) is 26.7 Å². The number of hydrogen-bond donors (Lipinski definition) is 0. The highest BCUT2D eigenvalue weighted by atomic mass is 19.2. The van der Waals surface area contributed by atoms with E-state index in [1.165, 1.54) is 0 Å². The number of nitrogens with zero attached hydrogens (tertiary/aromatic N) is 2. The van der Waals surface area contributed by atoms with E-state index in [4.69, 9.17) is 0 Å². The number of piperazine rings is 1. The van der Waals surface area contributed by atoms with Crippen LogP contribution in [0, 0.1) is 17.5 Å². The Kier molecular flexibility index (Phi) is 3.80. The third kappa shape index (κ3) is 2.73. The largest absolute Gasteiger partial charge is 0.333 e. The Balaban J connectivity index is 2.25. The van der Waals surface area contributed by atoms with Crippen LogP contribution < -0.4 is 0 Å². The Labute approximate surface area is 109 Å². The first kappa shape index (κ1) is 13.9. The predicted octanol–water partition coefficient (Wildman–Crippen LogP) is 1.88. The van der Waals surface area contributed by atoms with Gasteiger partial charge in [0.1, 0.15) is 0 Å². The van der Waals surface area contributed by atoms with Gasteiger partial charge in [-0.15, -0.1) is 0 Å². The maximum Gasteiger partial charge on any atom is 0.254 e. The second-order valence-electron chi connectivity index (χ2n) is 4.86. The molecule has 0 spiro atoms. The molecular formula is C13H15F3N2O. The fraction of sp³-hybridized carbons (Fsp3) is 0.462. The summed E-state index contributed by atoms with van der Waals surface area (Å²) in [7, 11) is 1.94. The lowest BCUT2D eigenvalue weighted by molar-refractivity contribution is 0.0532. The molecule has 1 fully saturated rings. The summed E-state index contributed by atoms with van der Waals surface area (Å²) in [5, 5.41) is 0. The van der Waals surface area contributed by atoms with Gasteiger partial charge in [-0.1, -0.05) is 0 Å². The van der Waals surface area contributed by atoms with Crippen molar-refractivity contribution in [1.29, 1.82) is 0 Å². The molecule has 0 N–H and O–H groups in total. The van der Waals surface area contributed by atoms with Crippen LogP contribution in [0.5, 0.6) is 0 Å². The number of hydrogen-bond acceptors (Lipinski definition) is 2. The molecule has 1 heterocycles. The highest BCUT2D eigenvalue weighted by Crippen LogP contribution is 2.17. The van der Waals surface area contributed by atoms with Gasteiger partial charge < -0.3 is 9.80 Å². The third-order valence-corrected chi connectivity index (χ3v) is 3.32. The van der Waals surface area contributed by atoms with E-state index in [9.17, 15) is 18.0 Å². The lowest BCUT2D eigenvalue weighted by atomic mass is 10.1. The Bertz CT molecular complexity index is 484. The first-order valence-electron chi connectivity index (χ1n) is 6.04. The second-order valence-corrected chi connectivity index (χ2v) is 4.86. The fourth-order valence-corrected chi connectivity index (χ4v) is 2.29. The van der Waals surface area contributed by atoms with E-state index < -0.39 is 23.4 Å². The molecule has 1 saturated heterocycles. The minimum absolute atomic E-state index is 0.0533. The van der Waals surface area contributed by atoms with Crippen LogP contribution in [0.1, 0.15) is 17.3 Å². The molecule has 0 aromatic heterocycles. The number of rotatable bonds is 1. The lowest BCUT2D eigenvalue weighted by Crippen LogP contribution is -2.52. The van der Waals surface area contributed by atoms with E-state index in [2.05, 4.69) is 4.90 Å². The maximum atomic E-state index is 13.1. The van der Waals surface area contributed by atoms with Gasteiger partial charge in [0.15, 0.2) is 17.5 Å². The summed E-state index contributed by atoms with van der Waals surface area (Å²) in [5.41, 5.74) is -0.159. The van der Waals surface area contributed by atoms with E-state index >= 15 is 0 Å². The van der Waals surface area contributed by atoms with Gasteiger partial charge in [0.05, 0.1) is 0 Å². The summed E-state index contributed by atoms with van der Waals surface area (Å²) in [6, 6.07) is 1.43. The molecule has 1 atom stereocenters. The molecule has 1 unspecified atom stereocenters. The zero-order valence-electron chi connectivity index (χ0n) is 10.8. The van der Waals surface area contributed by atoms with Gasteiger partial charge in [-0.2, -0.15) is 0 Å². The molecule has 1 aliphatic rings. The molecule has 1 amide bonds. The second kappa shape index (κ2) is 5.21. The minimum atomic E-state index is -1.55. The smallest absolute Gasteiger partial charge is 0.254 e. The molecular weight excluding hydrogens is 257 g/mol. The first-order chi connectivity index (χ1) is 8.90. The van der Waals surface area contributed by atoms with Gasteiger partial charge in [-0.25, -0.2) is 13.2 Å². The summed E-state index contributed by atoms with van der Waals surface area (Å²) in [6.45, 7) is 3.74. The number of likely N-dealkylation sites (N-methyl/N-ethyl adjacent to an activating group) is 1. The molecule has 1 aromatic rings. The van der Waals surface area contributed by atoms with Crippen molar-refractivity contribution in [3.05, 3.63) is 35.1 Å². The molecule has 6 heteroatoms. The van der Waals surface area contributed by atoms with E-state index in [-0.39, 0.29) is 11.6 Å². The van der Waals surface area contributed by atoms with Crippen LogP contribution in [0.25, 0.3) is 0 Å². The predicted molar refractivity (Wildman–Crippen MR) is 64.3 cm³/mol. The van der Waals surface area contributed by atoms with Crippen molar-refractivity contribution >= 4 is 5.91 Å². The number of carbonyl (C=O) groups is 1. The Morgan fingerprint density at radius 2 is 1.79 bits per heavy atom. The van der Waals surface area contributed by atoms with Crippen LogP contribution >= 0.6 is 0 Å². The van der Waals surface area contributed by atoms with E-state index in [0.717, 1.165) is 12.1 Å². The molecule has 2 rings (SSSR count). The van der Waals surface area contributed by atoms with E-state index in [0.29, 0.717) is 19.6 Å². The van der Waals surface area contributed by atoms with E-state index in [1.807, 2.05) is 14.0 Å². The maximum absolute atomic E-state index is 13.1. The standard InChI is InChI=1S/C13H15F3N2O/c1-8-7-17(2)3-4-18(8)13(19)9-5-10(14)12(16)11(15)6-9/h5-6,8H,3-4,7H2,1-2H3. The minimum Gasteiger partial charge on any atom is -0.333 e. The Morgan fingerprint density at radius 3 is 2.32 bits per heavy atom. The van der Waals surface area contributed by atoms with Gasteiger partial charge in [-0.05, 0) is 26.1 Å². The van der Waals surface area contributed by atoms with Crippen molar-refractivity contribution in [3.8, 4) is 0 Å². The third-order valence-electron chi connectivity index (χ3n) is 3.32. The van der Waals surface area contributed by atoms with Crippen molar-refractivity contribution in [1.82, 2.24) is 9.80 Å². The lowest BCUT2D eigenvalue weighted by Gasteiger charge is -2.38. The normalized spacial score (nSPS) is 20.7. The molecule has 0 aliphatic carbocycles. The molecule has 104 valence electrons. The van der Waals surface area contributed by atoms with Gasteiger partial charge in [0.2, 0.25) is 0 Å². The van der Waals surface area contributed by atoms with Gasteiger partial charge in [0.25, 0.3) is 5.91 Å². The highest BCUT2D eigenvalue weighted by Gasteiger charge is 2.27. The van der Waals surface area contributed by atoms with Crippen molar-refractivity contribution in [2.24, 2.45) is 0 Å². The Morgan fingerprint density at radius 1 is 1.21 bits per heavy atom. The Hall–Kier alpha value is -1.56. The number of amides is 1. The topological polar surface area (TPSA) is 23.6 Å². The summed E-state index contributed by atoms with van der Waals surface area (Å²) >= 11 is 0. The average Bonchev–Trinajstić information content (AvgIpc) is 2.34. The zero-order valence-corrected chi connectivity index (χ0v) is 10.8. The molecule has 0 bridgehead atoms. The summed E-state index contributed by atoms with van der Waals surface area (Å²) in [6.07, 6.45) is 0. The average molecular weight is 272 g/mol. The molecule has 19 heavy (non-hydrogen) atoms. The van der Waals surface area contributed by atoms with Crippen LogP contribution in [0.4, 0.5) is 13.2 Å². The number of halogens is 3.